The summed E-state index contributed by atoms with van der Waals surface area (Å²) in [6.07, 6.45) is -7.04. The van der Waals surface area contributed by atoms with Crippen molar-refractivity contribution in [2.45, 2.75) is 64.5 Å². The molecule has 17 heteroatoms. The molecule has 1 unspecified atom stereocenters. The number of thiophene rings is 1. The Hall–Kier alpha value is -3.47. The molecular formula is C25H22BrF6N7O2S. The van der Waals surface area contributed by atoms with E-state index in [-0.39, 0.29) is 42.4 Å². The second kappa shape index (κ2) is 10.4. The second-order valence-electron chi connectivity index (χ2n) is 9.79. The quantitative estimate of drug-likeness (QED) is 0.212. The van der Waals surface area contributed by atoms with Crippen LogP contribution in [0.15, 0.2) is 16.7 Å². The molecule has 1 aliphatic carbocycles. The first-order valence-electron chi connectivity index (χ1n) is 12.6. The number of nitrogens with two attached hydrogens (primary N) is 1. The van der Waals surface area contributed by atoms with E-state index in [0.717, 1.165) is 10.7 Å². The van der Waals surface area contributed by atoms with Crippen molar-refractivity contribution >= 4 is 55.0 Å². The van der Waals surface area contributed by atoms with Gasteiger partial charge in [-0.15, -0.1) is 11.3 Å². The van der Waals surface area contributed by atoms with E-state index in [4.69, 9.17) is 5.73 Å². The molecule has 9 nitrogen and oxygen atoms in total. The average Bonchev–Trinajstić information content (AvgIpc) is 3.41. The highest BCUT2D eigenvalue weighted by Crippen LogP contribution is 2.48. The summed E-state index contributed by atoms with van der Waals surface area (Å²) in [4.78, 5) is 29.2. The summed E-state index contributed by atoms with van der Waals surface area (Å²) in [7, 11) is 0. The number of hydrogen-bond donors (Lipinski definition) is 2. The number of aryl methyl sites for hydroxylation is 1. The van der Waals surface area contributed by atoms with Crippen molar-refractivity contribution in [2.24, 2.45) is 5.73 Å². The fourth-order valence-corrected chi connectivity index (χ4v) is 6.56. The third-order valence-corrected chi connectivity index (χ3v) is 8.86. The minimum Gasteiger partial charge on any atom is -0.365 e. The van der Waals surface area contributed by atoms with Crippen LogP contribution in [0.4, 0.5) is 32.0 Å². The van der Waals surface area contributed by atoms with Crippen molar-refractivity contribution in [1.29, 1.82) is 0 Å². The number of rotatable bonds is 7. The van der Waals surface area contributed by atoms with E-state index in [0.29, 0.717) is 42.0 Å². The number of nitrogens with zero attached hydrogens (tertiary/aromatic N) is 5. The van der Waals surface area contributed by atoms with Crippen LogP contribution < -0.4 is 11.1 Å². The third kappa shape index (κ3) is 5.16. The van der Waals surface area contributed by atoms with E-state index >= 15 is 0 Å². The second-order valence-corrected chi connectivity index (χ2v) is 11.6. The Morgan fingerprint density at radius 1 is 1.19 bits per heavy atom. The van der Waals surface area contributed by atoms with Gasteiger partial charge in [-0.25, -0.2) is 4.98 Å². The highest BCUT2D eigenvalue weighted by Gasteiger charge is 2.43. The van der Waals surface area contributed by atoms with Crippen LogP contribution in [-0.2, 0) is 23.7 Å². The van der Waals surface area contributed by atoms with Crippen LogP contribution in [0.3, 0.4) is 0 Å². The van der Waals surface area contributed by atoms with Crippen LogP contribution >= 0.6 is 27.3 Å². The lowest BCUT2D eigenvalue weighted by Crippen LogP contribution is -2.27. The molecule has 1 saturated carbocycles. The third-order valence-electron chi connectivity index (χ3n) is 6.98. The molecule has 42 heavy (non-hydrogen) atoms. The summed E-state index contributed by atoms with van der Waals surface area (Å²) in [5.41, 5.74) is 3.97. The van der Waals surface area contributed by atoms with Crippen LogP contribution in [-0.4, -0.2) is 36.4 Å². The van der Waals surface area contributed by atoms with Gasteiger partial charge in [0.25, 0.3) is 5.91 Å². The molecule has 0 spiro atoms. The Balaban J connectivity index is 1.67. The molecule has 0 aliphatic heterocycles. The van der Waals surface area contributed by atoms with Crippen molar-refractivity contribution < 1.29 is 35.9 Å². The summed E-state index contributed by atoms with van der Waals surface area (Å²) in [5, 5.41) is 10.4. The maximum absolute atomic E-state index is 13.8. The number of aromatic nitrogens is 5. The normalized spacial score (nSPS) is 14.9. The molecule has 1 atom stereocenters. The highest BCUT2D eigenvalue weighted by molar-refractivity contribution is 9.10. The number of pyridine rings is 1. The van der Waals surface area contributed by atoms with E-state index in [9.17, 15) is 35.9 Å². The lowest BCUT2D eigenvalue weighted by Gasteiger charge is -2.17. The molecule has 4 aromatic heterocycles. The Morgan fingerprint density at radius 3 is 2.38 bits per heavy atom. The number of primary amides is 1. The minimum atomic E-state index is -4.84. The van der Waals surface area contributed by atoms with Crippen molar-refractivity contribution in [3.8, 4) is 11.1 Å². The van der Waals surface area contributed by atoms with Gasteiger partial charge in [0.1, 0.15) is 21.4 Å². The molecule has 4 heterocycles. The lowest BCUT2D eigenvalue weighted by molar-refractivity contribution is -0.142. The predicted octanol–water partition coefficient (Wildman–Crippen LogP) is 6.66. The zero-order chi connectivity index (χ0) is 30.9. The van der Waals surface area contributed by atoms with E-state index < -0.39 is 41.6 Å². The van der Waals surface area contributed by atoms with Crippen LogP contribution in [0.1, 0.15) is 71.1 Å². The van der Waals surface area contributed by atoms with Gasteiger partial charge in [-0.1, -0.05) is 0 Å². The number of carbonyl (C=O) groups excluding carboxylic acids is 2. The fourth-order valence-electron chi connectivity index (χ4n) is 4.74. The Morgan fingerprint density at radius 2 is 1.86 bits per heavy atom. The van der Waals surface area contributed by atoms with Crippen molar-refractivity contribution in [1.82, 2.24) is 24.5 Å². The first-order valence-corrected chi connectivity index (χ1v) is 14.2. The van der Waals surface area contributed by atoms with Crippen LogP contribution in [0.25, 0.3) is 21.3 Å². The zero-order valence-corrected chi connectivity index (χ0v) is 24.5. The Labute approximate surface area is 246 Å². The molecule has 224 valence electrons. The van der Waals surface area contributed by atoms with Gasteiger partial charge in [-0.3, -0.25) is 19.0 Å². The maximum atomic E-state index is 13.8. The SMILES string of the molecule is CCn1ncc(-c2cc(C(F)(F)F)nc3sc(C(N)=O)c(NC(=O)C(C)n4nc(C(F)(F)F)c(Br)c4C4CC4)c23)c1C. The number of halogens is 7. The number of hydrogen-bond acceptors (Lipinski definition) is 6. The molecular weight excluding hydrogens is 656 g/mol. The van der Waals surface area contributed by atoms with Crippen molar-refractivity contribution in [2.75, 3.05) is 5.32 Å². The number of alkyl halides is 6. The predicted molar refractivity (Wildman–Crippen MR) is 145 cm³/mol. The number of nitrogens with one attached hydrogen (secondary N) is 1. The summed E-state index contributed by atoms with van der Waals surface area (Å²) in [6, 6.07) is -0.506. The standard InChI is InChI=1S/C25H22BrF6N7O2S/c1-4-38-9(2)13(8-34-38)12-7-14(24(27,28)29)35-23-15(12)17(19(42-23)21(33)40)36-22(41)10(3)39-18(11-5-6-11)16(26)20(37-39)25(30,31)32/h7-8,10-11H,4-6H2,1-3H3,(H2,33,40)(H,36,41). The molecule has 1 aliphatic rings. The van der Waals surface area contributed by atoms with Gasteiger partial charge in [-0.05, 0) is 61.2 Å². The first kappa shape index (κ1) is 30.0. The van der Waals surface area contributed by atoms with E-state index in [1.54, 1.807) is 18.5 Å². The monoisotopic (exact) mass is 677 g/mol. The van der Waals surface area contributed by atoms with Crippen molar-refractivity contribution in [3.05, 3.63) is 44.4 Å². The molecule has 0 saturated heterocycles. The number of amides is 2. The van der Waals surface area contributed by atoms with E-state index in [1.807, 2.05) is 0 Å². The Bertz CT molecular complexity index is 1740. The fraction of sp³-hybridized carbons (Fsp3) is 0.400. The highest BCUT2D eigenvalue weighted by atomic mass is 79.9. The summed E-state index contributed by atoms with van der Waals surface area (Å²) in [5.74, 6) is -2.15. The summed E-state index contributed by atoms with van der Waals surface area (Å²) in [6.45, 7) is 5.20. The number of carbonyl (C=O) groups is 2. The smallest absolute Gasteiger partial charge is 0.365 e. The molecule has 4 aromatic rings. The summed E-state index contributed by atoms with van der Waals surface area (Å²) >= 11 is 3.55. The van der Waals surface area contributed by atoms with Gasteiger partial charge in [0.05, 0.1) is 22.1 Å². The average molecular weight is 678 g/mol. The topological polar surface area (TPSA) is 121 Å². The molecule has 0 aromatic carbocycles. The number of anilines is 1. The zero-order valence-electron chi connectivity index (χ0n) is 22.1. The van der Waals surface area contributed by atoms with Gasteiger partial charge < -0.3 is 11.1 Å². The molecule has 0 radical (unpaired) electrons. The van der Waals surface area contributed by atoms with Crippen molar-refractivity contribution in [3.63, 3.8) is 0 Å². The first-order chi connectivity index (χ1) is 19.5. The van der Waals surface area contributed by atoms with Crippen LogP contribution in [0.2, 0.25) is 0 Å². The van der Waals surface area contributed by atoms with Gasteiger partial charge in [0.2, 0.25) is 5.91 Å². The van der Waals surface area contributed by atoms with E-state index in [2.05, 4.69) is 36.4 Å². The molecule has 1 fully saturated rings. The molecule has 3 N–H and O–H groups in total. The van der Waals surface area contributed by atoms with Crippen LogP contribution in [0.5, 0.6) is 0 Å². The largest absolute Gasteiger partial charge is 0.436 e. The van der Waals surface area contributed by atoms with Gasteiger partial charge in [-0.2, -0.15) is 36.5 Å². The Kier molecular flexibility index (Phi) is 7.40. The summed E-state index contributed by atoms with van der Waals surface area (Å²) < 4.78 is 84.8. The molecule has 0 bridgehead atoms. The minimum absolute atomic E-state index is 0.00362. The van der Waals surface area contributed by atoms with Crippen LogP contribution in [0, 0.1) is 6.92 Å². The molecule has 2 amide bonds. The van der Waals surface area contributed by atoms with Gasteiger partial charge in [0.15, 0.2) is 5.69 Å². The van der Waals surface area contributed by atoms with E-state index in [1.165, 1.54) is 13.1 Å². The lowest BCUT2D eigenvalue weighted by atomic mass is 10.0. The molecule has 5 rings (SSSR count). The van der Waals surface area contributed by atoms with Gasteiger partial charge in [0, 0.05) is 29.1 Å². The van der Waals surface area contributed by atoms with Gasteiger partial charge >= 0.3 is 12.4 Å². The maximum Gasteiger partial charge on any atom is 0.436 e. The number of fused-ring (bicyclic) bond motifs is 1.